The summed E-state index contributed by atoms with van der Waals surface area (Å²) in [4.78, 5) is 40.5. The lowest BCUT2D eigenvalue weighted by molar-refractivity contribution is -0.144. The van der Waals surface area contributed by atoms with Crippen LogP contribution in [0.15, 0.2) is 17.1 Å². The molecule has 1 saturated heterocycles. The second kappa shape index (κ2) is 6.93. The number of nitrogens with one attached hydrogen (secondary N) is 1. The van der Waals surface area contributed by atoms with Crippen molar-refractivity contribution in [1.29, 1.82) is 0 Å². The van der Waals surface area contributed by atoms with E-state index in [1.54, 1.807) is 0 Å². The molecule has 0 aliphatic carbocycles. The van der Waals surface area contributed by atoms with Crippen LogP contribution in [-0.2, 0) is 14.4 Å². The van der Waals surface area contributed by atoms with Crippen LogP contribution in [0.3, 0.4) is 0 Å². The number of piperidine rings is 1. The molecule has 0 saturated carbocycles. The van der Waals surface area contributed by atoms with Gasteiger partial charge in [-0.3, -0.25) is 14.4 Å². The standard InChI is InChI=1S/C14H16F3N3O3/c15-14(16,17)8-19-11(21)9-3-6-20(7-4-9)13(23)10-2-1-5-18-12(10)22/h1-2,5,9-10H,3-4,6-8H2,(H,19,21). The van der Waals surface area contributed by atoms with Gasteiger partial charge in [-0.15, -0.1) is 0 Å². The molecule has 23 heavy (non-hydrogen) atoms. The van der Waals surface area contributed by atoms with Crippen LogP contribution in [0.25, 0.3) is 0 Å². The molecule has 1 unspecified atom stereocenters. The molecule has 2 aliphatic rings. The largest absolute Gasteiger partial charge is 0.405 e. The van der Waals surface area contributed by atoms with E-state index in [-0.39, 0.29) is 25.9 Å². The number of likely N-dealkylation sites (tertiary alicyclic amines) is 1. The van der Waals surface area contributed by atoms with Crippen molar-refractivity contribution in [3.63, 3.8) is 0 Å². The number of halogens is 3. The van der Waals surface area contributed by atoms with Crippen molar-refractivity contribution in [2.75, 3.05) is 19.6 Å². The van der Waals surface area contributed by atoms with Crippen LogP contribution in [0, 0.1) is 11.8 Å². The lowest BCUT2D eigenvalue weighted by Crippen LogP contribution is -2.47. The summed E-state index contributed by atoms with van der Waals surface area (Å²) in [6.45, 7) is -0.904. The minimum Gasteiger partial charge on any atom is -0.347 e. The molecule has 2 aliphatic heterocycles. The first-order valence-corrected chi connectivity index (χ1v) is 7.16. The Morgan fingerprint density at radius 1 is 1.30 bits per heavy atom. The Bertz CT molecular complexity index is 549. The van der Waals surface area contributed by atoms with E-state index in [4.69, 9.17) is 0 Å². The maximum Gasteiger partial charge on any atom is 0.405 e. The van der Waals surface area contributed by atoms with Gasteiger partial charge in [0.2, 0.25) is 11.8 Å². The number of hydrogen-bond acceptors (Lipinski definition) is 3. The highest BCUT2D eigenvalue weighted by atomic mass is 19.4. The molecule has 0 spiro atoms. The van der Waals surface area contributed by atoms with Gasteiger partial charge in [-0.1, -0.05) is 6.08 Å². The van der Waals surface area contributed by atoms with Gasteiger partial charge in [0.1, 0.15) is 12.5 Å². The summed E-state index contributed by atoms with van der Waals surface area (Å²) in [5, 5.41) is 1.86. The maximum atomic E-state index is 12.2. The van der Waals surface area contributed by atoms with E-state index < -0.39 is 42.3 Å². The van der Waals surface area contributed by atoms with Crippen LogP contribution in [0.5, 0.6) is 0 Å². The average Bonchev–Trinajstić information content (AvgIpc) is 2.52. The van der Waals surface area contributed by atoms with Gasteiger partial charge in [0.05, 0.1) is 0 Å². The fourth-order valence-electron chi connectivity index (χ4n) is 2.52. The second-order valence-corrected chi connectivity index (χ2v) is 5.41. The smallest absolute Gasteiger partial charge is 0.347 e. The van der Waals surface area contributed by atoms with E-state index in [1.807, 2.05) is 5.32 Å². The quantitative estimate of drug-likeness (QED) is 0.773. The highest BCUT2D eigenvalue weighted by molar-refractivity contribution is 6.07. The van der Waals surface area contributed by atoms with Crippen molar-refractivity contribution < 1.29 is 27.6 Å². The van der Waals surface area contributed by atoms with E-state index in [9.17, 15) is 27.6 Å². The van der Waals surface area contributed by atoms with Gasteiger partial charge < -0.3 is 10.2 Å². The van der Waals surface area contributed by atoms with Crippen molar-refractivity contribution in [3.8, 4) is 0 Å². The molecule has 0 aromatic rings. The van der Waals surface area contributed by atoms with Crippen LogP contribution in [0.1, 0.15) is 12.8 Å². The summed E-state index contributed by atoms with van der Waals surface area (Å²) in [5.74, 6) is -3.10. The molecule has 3 amide bonds. The Morgan fingerprint density at radius 2 is 1.96 bits per heavy atom. The van der Waals surface area contributed by atoms with Crippen LogP contribution in [-0.4, -0.2) is 54.6 Å². The fraction of sp³-hybridized carbons (Fsp3) is 0.571. The van der Waals surface area contributed by atoms with Crippen LogP contribution in [0.2, 0.25) is 0 Å². The number of amides is 3. The lowest BCUT2D eigenvalue weighted by Gasteiger charge is -2.32. The summed E-state index contributed by atoms with van der Waals surface area (Å²) >= 11 is 0. The molecule has 6 nitrogen and oxygen atoms in total. The zero-order valence-corrected chi connectivity index (χ0v) is 12.2. The molecule has 0 bridgehead atoms. The number of nitrogens with zero attached hydrogens (tertiary/aromatic N) is 2. The highest BCUT2D eigenvalue weighted by Gasteiger charge is 2.34. The van der Waals surface area contributed by atoms with Crippen LogP contribution < -0.4 is 5.32 Å². The van der Waals surface area contributed by atoms with Crippen molar-refractivity contribution in [2.24, 2.45) is 16.8 Å². The first-order valence-electron chi connectivity index (χ1n) is 7.16. The maximum absolute atomic E-state index is 12.2. The number of rotatable bonds is 3. The van der Waals surface area contributed by atoms with Gasteiger partial charge in [-0.25, -0.2) is 4.99 Å². The van der Waals surface area contributed by atoms with E-state index in [2.05, 4.69) is 4.99 Å². The molecule has 2 heterocycles. The molecular formula is C14H16F3N3O3. The highest BCUT2D eigenvalue weighted by Crippen LogP contribution is 2.21. The summed E-state index contributed by atoms with van der Waals surface area (Å²) in [6.07, 6.45) is 0.373. The fourth-order valence-corrected chi connectivity index (χ4v) is 2.52. The molecule has 0 aromatic heterocycles. The van der Waals surface area contributed by atoms with Gasteiger partial charge >= 0.3 is 6.18 Å². The minimum atomic E-state index is -4.44. The second-order valence-electron chi connectivity index (χ2n) is 5.41. The first kappa shape index (κ1) is 17.2. The molecular weight excluding hydrogens is 315 g/mol. The Hall–Kier alpha value is -2.19. The summed E-state index contributed by atoms with van der Waals surface area (Å²) < 4.78 is 36.2. The van der Waals surface area contributed by atoms with E-state index in [0.29, 0.717) is 0 Å². The third-order valence-corrected chi connectivity index (χ3v) is 3.76. The number of carbonyl (C=O) groups is 3. The molecule has 1 N–H and O–H groups in total. The molecule has 126 valence electrons. The molecule has 0 aromatic carbocycles. The first-order chi connectivity index (χ1) is 10.8. The number of carbonyl (C=O) groups excluding carboxylic acids is 3. The monoisotopic (exact) mass is 331 g/mol. The molecule has 9 heteroatoms. The Morgan fingerprint density at radius 3 is 2.52 bits per heavy atom. The minimum absolute atomic E-state index is 0.226. The normalized spacial score (nSPS) is 22.3. The van der Waals surface area contributed by atoms with E-state index in [0.717, 1.165) is 0 Å². The Kier molecular flexibility index (Phi) is 5.17. The van der Waals surface area contributed by atoms with Crippen molar-refractivity contribution in [1.82, 2.24) is 10.2 Å². The SMILES string of the molecule is O=C(NCC(F)(F)F)C1CCN(C(=O)C2C=CC=NC2=O)CC1. The van der Waals surface area contributed by atoms with E-state index in [1.165, 1.54) is 23.3 Å². The van der Waals surface area contributed by atoms with Gasteiger partial charge in [0.25, 0.3) is 5.91 Å². The average molecular weight is 331 g/mol. The van der Waals surface area contributed by atoms with E-state index >= 15 is 0 Å². The Labute approximate surface area is 130 Å². The lowest BCUT2D eigenvalue weighted by atomic mass is 9.94. The summed E-state index contributed by atoms with van der Waals surface area (Å²) in [5.41, 5.74) is 0. The van der Waals surface area contributed by atoms with Crippen molar-refractivity contribution in [3.05, 3.63) is 12.2 Å². The molecule has 0 radical (unpaired) electrons. The zero-order valence-electron chi connectivity index (χ0n) is 12.2. The number of dihydropyridines is 1. The third-order valence-electron chi connectivity index (χ3n) is 3.76. The number of allylic oxidation sites excluding steroid dienone is 1. The van der Waals surface area contributed by atoms with Crippen LogP contribution in [0.4, 0.5) is 13.2 Å². The van der Waals surface area contributed by atoms with Crippen LogP contribution >= 0.6 is 0 Å². The number of aliphatic imine (C=N–C) groups is 1. The predicted molar refractivity (Wildman–Crippen MR) is 74.5 cm³/mol. The molecule has 1 fully saturated rings. The van der Waals surface area contributed by atoms with Gasteiger partial charge in [0.15, 0.2) is 0 Å². The van der Waals surface area contributed by atoms with Gasteiger partial charge in [-0.2, -0.15) is 13.2 Å². The zero-order chi connectivity index (χ0) is 17.0. The summed E-state index contributed by atoms with van der Waals surface area (Å²) in [6, 6.07) is 0. The Balaban J connectivity index is 1.83. The molecule has 1 atom stereocenters. The van der Waals surface area contributed by atoms with Gasteiger partial charge in [0, 0.05) is 25.2 Å². The number of hydrogen-bond donors (Lipinski definition) is 1. The van der Waals surface area contributed by atoms with Crippen molar-refractivity contribution in [2.45, 2.75) is 19.0 Å². The van der Waals surface area contributed by atoms with Crippen molar-refractivity contribution >= 4 is 23.9 Å². The van der Waals surface area contributed by atoms with Gasteiger partial charge in [-0.05, 0) is 18.9 Å². The third kappa shape index (κ3) is 4.64. The molecule has 2 rings (SSSR count). The summed E-state index contributed by atoms with van der Waals surface area (Å²) in [7, 11) is 0. The number of alkyl halides is 3. The predicted octanol–water partition coefficient (Wildman–Crippen LogP) is 0.687. The topological polar surface area (TPSA) is 78.8 Å².